The smallest absolute Gasteiger partial charge is 0.0273 e. The second-order valence-corrected chi connectivity index (χ2v) is 3.73. The fraction of sp³-hybridized carbons (Fsp3) is 0.400. The first-order valence-corrected chi connectivity index (χ1v) is 5.46. The van der Waals surface area contributed by atoms with Gasteiger partial charge in [-0.15, -0.1) is 0 Å². The van der Waals surface area contributed by atoms with E-state index < -0.39 is 0 Å². The van der Waals surface area contributed by atoms with Gasteiger partial charge in [-0.1, -0.05) is 43.1 Å². The quantitative estimate of drug-likeness (QED) is 0.516. The number of rotatable bonds is 6. The van der Waals surface area contributed by atoms with E-state index in [0.29, 0.717) is 6.04 Å². The first-order chi connectivity index (χ1) is 6.86. The van der Waals surface area contributed by atoms with E-state index in [-0.39, 0.29) is 0 Å². The molecule has 0 saturated carbocycles. The molecule has 0 aromatic heterocycles. The van der Waals surface area contributed by atoms with Crippen LogP contribution in [0.15, 0.2) is 30.3 Å². The van der Waals surface area contributed by atoms with Crippen LogP contribution in [0, 0.1) is 0 Å². The van der Waals surface area contributed by atoms with Crippen LogP contribution in [0.3, 0.4) is 0 Å². The number of thiol groups is 1. The molecule has 0 aliphatic carbocycles. The standard InChI is InChI=1S/C10H15ClN2S/c11-13-10(6-7-12-14)8-9-4-2-1-3-5-9/h1-5,10,12-14H,6-8H2. The summed E-state index contributed by atoms with van der Waals surface area (Å²) in [6.07, 6.45) is 1.90. The Labute approximate surface area is 95.7 Å². The van der Waals surface area contributed by atoms with Gasteiger partial charge < -0.3 is 0 Å². The molecule has 14 heavy (non-hydrogen) atoms. The zero-order chi connectivity index (χ0) is 10.2. The first kappa shape index (κ1) is 11.9. The predicted molar refractivity (Wildman–Crippen MR) is 64.5 cm³/mol. The largest absolute Gasteiger partial charge is 0.267 e. The molecule has 78 valence electrons. The number of hydrogen-bond acceptors (Lipinski definition) is 3. The Hall–Kier alpha value is -0.220. The zero-order valence-electron chi connectivity index (χ0n) is 7.91. The van der Waals surface area contributed by atoms with Crippen LogP contribution < -0.4 is 9.56 Å². The van der Waals surface area contributed by atoms with Crippen molar-refractivity contribution < 1.29 is 0 Å². The first-order valence-electron chi connectivity index (χ1n) is 4.64. The number of nitrogens with one attached hydrogen (secondary N) is 2. The highest BCUT2D eigenvalue weighted by atomic mass is 35.5. The van der Waals surface area contributed by atoms with Crippen LogP contribution in [0.2, 0.25) is 0 Å². The Morgan fingerprint density at radius 1 is 1.29 bits per heavy atom. The zero-order valence-corrected chi connectivity index (χ0v) is 9.56. The fourth-order valence-electron chi connectivity index (χ4n) is 1.33. The topological polar surface area (TPSA) is 24.1 Å². The van der Waals surface area contributed by atoms with Crippen LogP contribution in [0.25, 0.3) is 0 Å². The summed E-state index contributed by atoms with van der Waals surface area (Å²) in [5, 5.41) is 0. The minimum atomic E-state index is 0.290. The summed E-state index contributed by atoms with van der Waals surface area (Å²) < 4.78 is 2.81. The Morgan fingerprint density at radius 3 is 2.57 bits per heavy atom. The molecular formula is C10H15ClN2S. The summed E-state index contributed by atoms with van der Waals surface area (Å²) in [6, 6.07) is 10.6. The molecule has 1 aromatic rings. The summed E-state index contributed by atoms with van der Waals surface area (Å²) in [4.78, 5) is 2.78. The van der Waals surface area contributed by atoms with Crippen molar-refractivity contribution in [2.75, 3.05) is 6.54 Å². The van der Waals surface area contributed by atoms with E-state index in [2.05, 4.69) is 34.5 Å². The van der Waals surface area contributed by atoms with Crippen molar-refractivity contribution in [2.45, 2.75) is 18.9 Å². The summed E-state index contributed by atoms with van der Waals surface area (Å²) in [7, 11) is 0. The summed E-state index contributed by atoms with van der Waals surface area (Å²) in [5.41, 5.74) is 1.30. The summed E-state index contributed by atoms with van der Waals surface area (Å²) in [6.45, 7) is 0.848. The fourth-order valence-corrected chi connectivity index (χ4v) is 1.65. The molecule has 0 fully saturated rings. The molecule has 0 heterocycles. The lowest BCUT2D eigenvalue weighted by Crippen LogP contribution is -2.26. The van der Waals surface area contributed by atoms with Crippen molar-refractivity contribution in [3.8, 4) is 0 Å². The predicted octanol–water partition coefficient (Wildman–Crippen LogP) is 2.17. The number of hydrogen-bond donors (Lipinski definition) is 3. The third kappa shape index (κ3) is 4.33. The molecule has 1 aromatic carbocycles. The maximum atomic E-state index is 5.65. The van der Waals surface area contributed by atoms with Crippen molar-refractivity contribution in [3.05, 3.63) is 35.9 Å². The molecule has 2 nitrogen and oxygen atoms in total. The molecule has 0 spiro atoms. The van der Waals surface area contributed by atoms with Crippen molar-refractivity contribution in [3.63, 3.8) is 0 Å². The molecule has 1 rings (SSSR count). The van der Waals surface area contributed by atoms with Gasteiger partial charge in [0.15, 0.2) is 0 Å². The minimum absolute atomic E-state index is 0.290. The van der Waals surface area contributed by atoms with Gasteiger partial charge in [0.05, 0.1) is 0 Å². The lowest BCUT2D eigenvalue weighted by atomic mass is 10.0. The van der Waals surface area contributed by atoms with E-state index in [1.165, 1.54) is 5.56 Å². The van der Waals surface area contributed by atoms with E-state index in [1.807, 2.05) is 18.2 Å². The molecule has 0 aliphatic rings. The average molecular weight is 231 g/mol. The van der Waals surface area contributed by atoms with Gasteiger partial charge >= 0.3 is 0 Å². The van der Waals surface area contributed by atoms with Gasteiger partial charge in [-0.2, -0.15) is 0 Å². The van der Waals surface area contributed by atoms with Crippen LogP contribution >= 0.6 is 24.6 Å². The van der Waals surface area contributed by atoms with Crippen molar-refractivity contribution in [1.82, 2.24) is 9.56 Å². The Bertz CT molecular complexity index is 243. The van der Waals surface area contributed by atoms with Crippen LogP contribution in [-0.2, 0) is 6.42 Å². The van der Waals surface area contributed by atoms with E-state index >= 15 is 0 Å². The SMILES string of the molecule is SNCCC(Cc1ccccc1)NCl. The van der Waals surface area contributed by atoms with Crippen LogP contribution in [0.1, 0.15) is 12.0 Å². The molecule has 0 saturated heterocycles. The molecule has 0 aliphatic heterocycles. The van der Waals surface area contributed by atoms with E-state index in [4.69, 9.17) is 11.8 Å². The van der Waals surface area contributed by atoms with Crippen molar-refractivity contribution in [2.24, 2.45) is 0 Å². The molecule has 0 radical (unpaired) electrons. The Balaban J connectivity index is 2.40. The monoisotopic (exact) mass is 230 g/mol. The second kappa shape index (κ2) is 7.12. The Morgan fingerprint density at radius 2 is 2.00 bits per heavy atom. The highest BCUT2D eigenvalue weighted by Gasteiger charge is 2.06. The minimum Gasteiger partial charge on any atom is -0.267 e. The van der Waals surface area contributed by atoms with Gasteiger partial charge in [-0.05, 0) is 30.2 Å². The third-order valence-electron chi connectivity index (χ3n) is 2.08. The van der Waals surface area contributed by atoms with E-state index in [1.54, 1.807) is 0 Å². The van der Waals surface area contributed by atoms with Crippen LogP contribution in [0.4, 0.5) is 0 Å². The average Bonchev–Trinajstić information content (AvgIpc) is 2.25. The summed E-state index contributed by atoms with van der Waals surface area (Å²) in [5.74, 6) is 0. The molecule has 1 atom stereocenters. The maximum absolute atomic E-state index is 5.65. The molecule has 1 unspecified atom stereocenters. The molecule has 0 bridgehead atoms. The van der Waals surface area contributed by atoms with E-state index in [9.17, 15) is 0 Å². The molecule has 0 amide bonds. The normalized spacial score (nSPS) is 12.7. The van der Waals surface area contributed by atoms with Crippen LogP contribution in [-0.4, -0.2) is 12.6 Å². The number of benzene rings is 1. The molecule has 4 heteroatoms. The van der Waals surface area contributed by atoms with Gasteiger partial charge in [0.2, 0.25) is 0 Å². The van der Waals surface area contributed by atoms with Gasteiger partial charge in [0, 0.05) is 12.6 Å². The molecule has 2 N–H and O–H groups in total. The second-order valence-electron chi connectivity index (χ2n) is 3.19. The third-order valence-corrected chi connectivity index (χ3v) is 2.62. The van der Waals surface area contributed by atoms with Gasteiger partial charge in [0.25, 0.3) is 0 Å². The highest BCUT2D eigenvalue weighted by Crippen LogP contribution is 2.05. The Kier molecular flexibility index (Phi) is 6.03. The van der Waals surface area contributed by atoms with Crippen molar-refractivity contribution in [1.29, 1.82) is 0 Å². The highest BCUT2D eigenvalue weighted by molar-refractivity contribution is 7.78. The molecular weight excluding hydrogens is 216 g/mol. The van der Waals surface area contributed by atoms with Gasteiger partial charge in [-0.25, -0.2) is 4.84 Å². The van der Waals surface area contributed by atoms with Crippen molar-refractivity contribution >= 4 is 24.6 Å². The number of halogens is 1. The lowest BCUT2D eigenvalue weighted by Gasteiger charge is -2.13. The lowest BCUT2D eigenvalue weighted by molar-refractivity contribution is 0.570. The summed E-state index contributed by atoms with van der Waals surface area (Å²) >= 11 is 9.59. The van der Waals surface area contributed by atoms with Gasteiger partial charge in [0.1, 0.15) is 0 Å². The van der Waals surface area contributed by atoms with Crippen LogP contribution in [0.5, 0.6) is 0 Å². The van der Waals surface area contributed by atoms with Gasteiger partial charge in [-0.3, -0.25) is 4.72 Å². The maximum Gasteiger partial charge on any atom is 0.0273 e. The van der Waals surface area contributed by atoms with E-state index in [0.717, 1.165) is 19.4 Å².